The van der Waals surface area contributed by atoms with Crippen molar-refractivity contribution in [3.05, 3.63) is 23.3 Å². The lowest BCUT2D eigenvalue weighted by atomic mass is 10.1. The minimum Gasteiger partial charge on any atom is -0.496 e. The Hall–Kier alpha value is -1.69. The monoisotopic (exact) mass is 232 g/mol. The number of aryl methyl sites for hydroxylation is 2. The van der Waals surface area contributed by atoms with E-state index in [1.165, 1.54) is 0 Å². The van der Waals surface area contributed by atoms with Gasteiger partial charge in [0, 0.05) is 12.2 Å². The standard InChI is InChI=1S/C14H20N2O/c1-5-12(8-15)9-16-13-6-10(2)14(17-4)11(3)7-13/h6-7,12,16H,5,9H2,1-4H3. The molecule has 0 saturated heterocycles. The predicted octanol–water partition coefficient (Wildman–Crippen LogP) is 3.27. The third kappa shape index (κ3) is 3.39. The first kappa shape index (κ1) is 13.4. The van der Waals surface area contributed by atoms with Gasteiger partial charge in [-0.3, -0.25) is 0 Å². The zero-order chi connectivity index (χ0) is 12.8. The summed E-state index contributed by atoms with van der Waals surface area (Å²) in [5, 5.41) is 12.2. The highest BCUT2D eigenvalue weighted by Gasteiger charge is 2.07. The molecule has 17 heavy (non-hydrogen) atoms. The van der Waals surface area contributed by atoms with Gasteiger partial charge in [-0.2, -0.15) is 5.26 Å². The number of rotatable bonds is 5. The van der Waals surface area contributed by atoms with E-state index >= 15 is 0 Å². The maximum atomic E-state index is 8.89. The molecule has 1 atom stereocenters. The largest absolute Gasteiger partial charge is 0.496 e. The Bertz CT molecular complexity index is 398. The van der Waals surface area contributed by atoms with E-state index in [-0.39, 0.29) is 5.92 Å². The Balaban J connectivity index is 2.77. The van der Waals surface area contributed by atoms with Crippen LogP contribution in [0, 0.1) is 31.1 Å². The van der Waals surface area contributed by atoms with Gasteiger partial charge in [0.05, 0.1) is 19.1 Å². The van der Waals surface area contributed by atoms with Gasteiger partial charge in [0.25, 0.3) is 0 Å². The van der Waals surface area contributed by atoms with Gasteiger partial charge in [0.2, 0.25) is 0 Å². The van der Waals surface area contributed by atoms with Crippen LogP contribution in [0.1, 0.15) is 24.5 Å². The summed E-state index contributed by atoms with van der Waals surface area (Å²) < 4.78 is 5.32. The van der Waals surface area contributed by atoms with E-state index in [9.17, 15) is 0 Å². The number of nitriles is 1. The molecule has 1 rings (SSSR count). The molecule has 0 spiro atoms. The van der Waals surface area contributed by atoms with E-state index in [0.29, 0.717) is 6.54 Å². The molecule has 1 unspecified atom stereocenters. The van der Waals surface area contributed by atoms with E-state index in [4.69, 9.17) is 10.00 Å². The predicted molar refractivity (Wildman–Crippen MR) is 70.4 cm³/mol. The van der Waals surface area contributed by atoms with Gasteiger partial charge in [-0.15, -0.1) is 0 Å². The van der Waals surface area contributed by atoms with Crippen molar-refractivity contribution in [2.45, 2.75) is 27.2 Å². The highest BCUT2D eigenvalue weighted by molar-refractivity contribution is 5.55. The Morgan fingerprint density at radius 3 is 2.35 bits per heavy atom. The number of anilines is 1. The first-order valence-electron chi connectivity index (χ1n) is 5.91. The molecule has 0 radical (unpaired) electrons. The van der Waals surface area contributed by atoms with E-state index in [1.807, 2.05) is 20.8 Å². The van der Waals surface area contributed by atoms with Crippen molar-refractivity contribution < 1.29 is 4.74 Å². The molecule has 3 heteroatoms. The number of nitrogens with one attached hydrogen (secondary N) is 1. The van der Waals surface area contributed by atoms with Crippen molar-refractivity contribution in [3.63, 3.8) is 0 Å². The van der Waals surface area contributed by atoms with E-state index < -0.39 is 0 Å². The molecule has 0 fully saturated rings. The molecular weight excluding hydrogens is 212 g/mol. The van der Waals surface area contributed by atoms with Crippen molar-refractivity contribution in [1.82, 2.24) is 0 Å². The fraction of sp³-hybridized carbons (Fsp3) is 0.500. The van der Waals surface area contributed by atoms with Gasteiger partial charge in [-0.1, -0.05) is 6.92 Å². The third-order valence-electron chi connectivity index (χ3n) is 2.89. The molecule has 3 nitrogen and oxygen atoms in total. The number of benzene rings is 1. The van der Waals surface area contributed by atoms with E-state index in [1.54, 1.807) is 7.11 Å². The number of methoxy groups -OCH3 is 1. The molecule has 0 bridgehead atoms. The summed E-state index contributed by atoms with van der Waals surface area (Å²) in [4.78, 5) is 0. The SMILES string of the molecule is CCC(C#N)CNc1cc(C)c(OC)c(C)c1. The first-order chi connectivity index (χ1) is 8.12. The molecular formula is C14H20N2O. The van der Waals surface area contributed by atoms with Crippen LogP contribution in [0.25, 0.3) is 0 Å². The average Bonchev–Trinajstić information content (AvgIpc) is 2.30. The zero-order valence-corrected chi connectivity index (χ0v) is 11.0. The summed E-state index contributed by atoms with van der Waals surface area (Å²) in [5.74, 6) is 1.00. The minimum absolute atomic E-state index is 0.0673. The van der Waals surface area contributed by atoms with Crippen LogP contribution in [0.3, 0.4) is 0 Å². The number of hydrogen-bond donors (Lipinski definition) is 1. The van der Waals surface area contributed by atoms with Gasteiger partial charge in [0.15, 0.2) is 0 Å². The first-order valence-corrected chi connectivity index (χ1v) is 5.91. The van der Waals surface area contributed by atoms with Crippen LogP contribution in [0.2, 0.25) is 0 Å². The smallest absolute Gasteiger partial charge is 0.124 e. The van der Waals surface area contributed by atoms with Crippen molar-refractivity contribution >= 4 is 5.69 Å². The molecule has 0 aliphatic carbocycles. The fourth-order valence-corrected chi connectivity index (χ4v) is 1.90. The Morgan fingerprint density at radius 2 is 1.94 bits per heavy atom. The summed E-state index contributed by atoms with van der Waals surface area (Å²) in [6, 6.07) is 6.39. The summed E-state index contributed by atoms with van der Waals surface area (Å²) in [7, 11) is 1.69. The van der Waals surface area contributed by atoms with Crippen LogP contribution < -0.4 is 10.1 Å². The summed E-state index contributed by atoms with van der Waals surface area (Å²) >= 11 is 0. The summed E-state index contributed by atoms with van der Waals surface area (Å²) in [5.41, 5.74) is 3.27. The van der Waals surface area contributed by atoms with E-state index in [2.05, 4.69) is 23.5 Å². The van der Waals surface area contributed by atoms with Crippen LogP contribution in [0.5, 0.6) is 5.75 Å². The van der Waals surface area contributed by atoms with Gasteiger partial charge in [-0.25, -0.2) is 0 Å². The topological polar surface area (TPSA) is 45.0 Å². The number of hydrogen-bond acceptors (Lipinski definition) is 3. The highest BCUT2D eigenvalue weighted by Crippen LogP contribution is 2.26. The van der Waals surface area contributed by atoms with Crippen LogP contribution in [-0.2, 0) is 0 Å². The molecule has 0 aromatic heterocycles. The number of ether oxygens (including phenoxy) is 1. The second-order valence-corrected chi connectivity index (χ2v) is 4.26. The molecule has 1 N–H and O–H groups in total. The molecule has 0 heterocycles. The lowest BCUT2D eigenvalue weighted by Gasteiger charge is -2.14. The van der Waals surface area contributed by atoms with Gasteiger partial charge in [-0.05, 0) is 43.5 Å². The Kier molecular flexibility index (Phi) is 4.84. The molecule has 0 saturated carbocycles. The quantitative estimate of drug-likeness (QED) is 0.847. The van der Waals surface area contributed by atoms with Crippen LogP contribution >= 0.6 is 0 Å². The fourth-order valence-electron chi connectivity index (χ4n) is 1.90. The van der Waals surface area contributed by atoms with Crippen LogP contribution in [-0.4, -0.2) is 13.7 Å². The summed E-state index contributed by atoms with van der Waals surface area (Å²) in [6.45, 7) is 6.77. The molecule has 1 aromatic rings. The maximum absolute atomic E-state index is 8.89. The van der Waals surface area contributed by atoms with Crippen molar-refractivity contribution in [2.75, 3.05) is 19.0 Å². The minimum atomic E-state index is 0.0673. The van der Waals surface area contributed by atoms with Crippen molar-refractivity contribution in [1.29, 1.82) is 5.26 Å². The Morgan fingerprint density at radius 1 is 1.35 bits per heavy atom. The maximum Gasteiger partial charge on any atom is 0.124 e. The molecule has 0 amide bonds. The van der Waals surface area contributed by atoms with Gasteiger partial charge < -0.3 is 10.1 Å². The van der Waals surface area contributed by atoms with Crippen molar-refractivity contribution in [3.8, 4) is 11.8 Å². The second-order valence-electron chi connectivity index (χ2n) is 4.26. The summed E-state index contributed by atoms with van der Waals surface area (Å²) in [6.07, 6.45) is 0.873. The normalized spacial score (nSPS) is 11.7. The van der Waals surface area contributed by atoms with Crippen LogP contribution in [0.15, 0.2) is 12.1 Å². The number of nitrogens with zero attached hydrogens (tertiary/aromatic N) is 1. The van der Waals surface area contributed by atoms with Crippen LogP contribution in [0.4, 0.5) is 5.69 Å². The van der Waals surface area contributed by atoms with Gasteiger partial charge >= 0.3 is 0 Å². The second kappa shape index (κ2) is 6.15. The lowest BCUT2D eigenvalue weighted by Crippen LogP contribution is -2.12. The third-order valence-corrected chi connectivity index (χ3v) is 2.89. The molecule has 0 aliphatic rings. The zero-order valence-electron chi connectivity index (χ0n) is 11.0. The molecule has 0 aliphatic heterocycles. The van der Waals surface area contributed by atoms with Crippen molar-refractivity contribution in [2.24, 2.45) is 5.92 Å². The van der Waals surface area contributed by atoms with E-state index in [0.717, 1.165) is 29.0 Å². The highest BCUT2D eigenvalue weighted by atomic mass is 16.5. The molecule has 1 aromatic carbocycles. The average molecular weight is 232 g/mol. The lowest BCUT2D eigenvalue weighted by molar-refractivity contribution is 0.408. The molecule has 92 valence electrons. The Labute approximate surface area is 103 Å². The van der Waals surface area contributed by atoms with Gasteiger partial charge in [0.1, 0.15) is 5.75 Å².